The summed E-state index contributed by atoms with van der Waals surface area (Å²) in [6.45, 7) is 0. The zero-order valence-electron chi connectivity index (χ0n) is 7.53. The van der Waals surface area contributed by atoms with E-state index in [-0.39, 0.29) is 9.92 Å². The number of hydrogen-bond donors (Lipinski definition) is 1. The van der Waals surface area contributed by atoms with Gasteiger partial charge in [-0.2, -0.15) is 0 Å². The number of benzene rings is 1. The molecule has 1 aromatic rings. The summed E-state index contributed by atoms with van der Waals surface area (Å²) < 4.78 is 27.6. The number of sulfone groups is 1. The third-order valence-electron chi connectivity index (χ3n) is 1.56. The molecule has 0 saturated heterocycles. The van der Waals surface area contributed by atoms with Crippen LogP contribution in [0, 0.1) is 0 Å². The summed E-state index contributed by atoms with van der Waals surface area (Å²) >= 11 is 5.74. The Morgan fingerprint density at radius 1 is 1.50 bits per heavy atom. The van der Waals surface area contributed by atoms with Crippen molar-refractivity contribution in [3.05, 3.63) is 23.2 Å². The number of halogens is 1. The first-order valence-electron chi connectivity index (χ1n) is 3.74. The van der Waals surface area contributed by atoms with E-state index in [4.69, 9.17) is 17.3 Å². The molecule has 78 valence electrons. The molecule has 0 atom stereocenters. The number of anilines is 1. The van der Waals surface area contributed by atoms with Gasteiger partial charge in [0.1, 0.15) is 0 Å². The highest BCUT2D eigenvalue weighted by Gasteiger charge is 2.17. The molecule has 4 nitrogen and oxygen atoms in total. The van der Waals surface area contributed by atoms with Crippen LogP contribution in [0.1, 0.15) is 0 Å². The molecular weight excluding hydrogens is 226 g/mol. The predicted molar refractivity (Wildman–Crippen MR) is 54.9 cm³/mol. The van der Waals surface area contributed by atoms with E-state index in [9.17, 15) is 8.42 Å². The minimum Gasteiger partial charge on any atom is -0.399 e. The van der Waals surface area contributed by atoms with Crippen LogP contribution in [0.2, 0.25) is 5.02 Å². The van der Waals surface area contributed by atoms with E-state index in [1.165, 1.54) is 25.3 Å². The van der Waals surface area contributed by atoms with Gasteiger partial charge in [0.05, 0.1) is 9.92 Å². The number of hydrogen-bond acceptors (Lipinski definition) is 4. The summed E-state index contributed by atoms with van der Waals surface area (Å²) in [5.41, 5.74) is 5.86. The van der Waals surface area contributed by atoms with Crippen molar-refractivity contribution >= 4 is 27.1 Å². The van der Waals surface area contributed by atoms with E-state index in [2.05, 4.69) is 4.74 Å². The van der Waals surface area contributed by atoms with Gasteiger partial charge in [-0.1, -0.05) is 11.6 Å². The van der Waals surface area contributed by atoms with E-state index < -0.39 is 15.8 Å². The molecule has 1 rings (SSSR count). The molecule has 14 heavy (non-hydrogen) atoms. The van der Waals surface area contributed by atoms with Gasteiger partial charge in [0, 0.05) is 12.8 Å². The lowest BCUT2D eigenvalue weighted by Crippen LogP contribution is -2.08. The molecule has 0 unspecified atom stereocenters. The molecule has 0 bridgehead atoms. The Bertz CT molecular complexity index is 430. The lowest BCUT2D eigenvalue weighted by molar-refractivity contribution is 0.250. The Hall–Kier alpha value is -0.780. The van der Waals surface area contributed by atoms with Crippen molar-refractivity contribution in [1.29, 1.82) is 0 Å². The zero-order chi connectivity index (χ0) is 10.8. The quantitative estimate of drug-likeness (QED) is 0.802. The van der Waals surface area contributed by atoms with Crippen LogP contribution in [0.25, 0.3) is 0 Å². The van der Waals surface area contributed by atoms with Gasteiger partial charge in [0.25, 0.3) is 0 Å². The lowest BCUT2D eigenvalue weighted by Gasteiger charge is -2.05. The molecular formula is C8H10ClNO3S. The van der Waals surface area contributed by atoms with Crippen LogP contribution < -0.4 is 5.73 Å². The number of ether oxygens (including phenoxy) is 1. The normalized spacial score (nSPS) is 11.6. The molecule has 6 heteroatoms. The molecule has 0 aliphatic carbocycles. The second kappa shape index (κ2) is 4.16. The maximum Gasteiger partial charge on any atom is 0.203 e. The van der Waals surface area contributed by atoms with E-state index in [0.717, 1.165) is 0 Å². The average molecular weight is 236 g/mol. The topological polar surface area (TPSA) is 69.4 Å². The predicted octanol–water partition coefficient (Wildman–Crippen LogP) is 1.30. The molecule has 0 aliphatic heterocycles. The Morgan fingerprint density at radius 2 is 2.14 bits per heavy atom. The minimum absolute atomic E-state index is 0.0372. The Labute approximate surface area is 87.5 Å². The van der Waals surface area contributed by atoms with Crippen molar-refractivity contribution in [1.82, 2.24) is 0 Å². The van der Waals surface area contributed by atoms with Gasteiger partial charge >= 0.3 is 0 Å². The average Bonchev–Trinajstić information content (AvgIpc) is 2.02. The summed E-state index contributed by atoms with van der Waals surface area (Å²) in [5.74, 6) is -0.392. The van der Waals surface area contributed by atoms with Gasteiger partial charge in [-0.15, -0.1) is 0 Å². The van der Waals surface area contributed by atoms with Crippen LogP contribution in [-0.4, -0.2) is 21.5 Å². The van der Waals surface area contributed by atoms with E-state index >= 15 is 0 Å². The summed E-state index contributed by atoms with van der Waals surface area (Å²) in [6, 6.07) is 4.24. The molecule has 0 saturated carbocycles. The van der Waals surface area contributed by atoms with Crippen molar-refractivity contribution in [3.63, 3.8) is 0 Å². The van der Waals surface area contributed by atoms with Crippen LogP contribution in [0.15, 0.2) is 23.1 Å². The van der Waals surface area contributed by atoms with Crippen molar-refractivity contribution in [2.24, 2.45) is 0 Å². The third-order valence-corrected chi connectivity index (χ3v) is 3.56. The second-order valence-corrected chi connectivity index (χ2v) is 5.02. The molecule has 0 spiro atoms. The maximum absolute atomic E-state index is 11.5. The standard InChI is InChI=1S/C8H10ClNO3S/c1-13-5-14(11,12)8-3-2-6(10)4-7(8)9/h2-4H,5,10H2,1H3. The molecule has 0 amide bonds. The van der Waals surface area contributed by atoms with Gasteiger partial charge in [-0.25, -0.2) is 8.42 Å². The largest absolute Gasteiger partial charge is 0.399 e. The summed E-state index contributed by atoms with van der Waals surface area (Å²) in [6.07, 6.45) is 0. The maximum atomic E-state index is 11.5. The highest BCUT2D eigenvalue weighted by atomic mass is 35.5. The third kappa shape index (κ3) is 2.37. The lowest BCUT2D eigenvalue weighted by atomic mass is 10.3. The van der Waals surface area contributed by atoms with Crippen LogP contribution in [-0.2, 0) is 14.6 Å². The summed E-state index contributed by atoms with van der Waals surface area (Å²) in [5, 5.41) is 0.113. The first-order chi connectivity index (χ1) is 6.47. The SMILES string of the molecule is COCS(=O)(=O)c1ccc(N)cc1Cl. The van der Waals surface area contributed by atoms with Gasteiger partial charge in [-0.3, -0.25) is 0 Å². The van der Waals surface area contributed by atoms with Gasteiger partial charge in [0.2, 0.25) is 9.84 Å². The highest BCUT2D eigenvalue weighted by Crippen LogP contribution is 2.24. The molecule has 1 aromatic carbocycles. The second-order valence-electron chi connectivity index (χ2n) is 2.71. The number of rotatable bonds is 3. The fourth-order valence-electron chi connectivity index (χ4n) is 0.988. The summed E-state index contributed by atoms with van der Waals surface area (Å²) in [4.78, 5) is 0.0372. The number of nitrogens with two attached hydrogens (primary N) is 1. The number of methoxy groups -OCH3 is 1. The Kier molecular flexibility index (Phi) is 3.36. The molecule has 0 radical (unpaired) electrons. The van der Waals surface area contributed by atoms with Gasteiger partial charge in [-0.05, 0) is 18.2 Å². The summed E-state index contributed by atoms with van der Waals surface area (Å²) in [7, 11) is -2.16. The van der Waals surface area contributed by atoms with Crippen LogP contribution in [0.3, 0.4) is 0 Å². The fourth-order valence-corrected chi connectivity index (χ4v) is 2.60. The number of nitrogen functional groups attached to an aromatic ring is 1. The molecule has 0 aliphatic rings. The fraction of sp³-hybridized carbons (Fsp3) is 0.250. The van der Waals surface area contributed by atoms with E-state index in [1.807, 2.05) is 0 Å². The van der Waals surface area contributed by atoms with Gasteiger partial charge in [0.15, 0.2) is 5.94 Å². The van der Waals surface area contributed by atoms with Crippen LogP contribution in [0.4, 0.5) is 5.69 Å². The van der Waals surface area contributed by atoms with Crippen LogP contribution in [0.5, 0.6) is 0 Å². The highest BCUT2D eigenvalue weighted by molar-refractivity contribution is 7.91. The Morgan fingerprint density at radius 3 is 2.64 bits per heavy atom. The first-order valence-corrected chi connectivity index (χ1v) is 5.77. The van der Waals surface area contributed by atoms with Crippen molar-refractivity contribution in [2.75, 3.05) is 18.8 Å². The van der Waals surface area contributed by atoms with Crippen molar-refractivity contribution in [3.8, 4) is 0 Å². The molecule has 0 heterocycles. The minimum atomic E-state index is -3.47. The first kappa shape index (κ1) is 11.3. The monoisotopic (exact) mass is 235 g/mol. The van der Waals surface area contributed by atoms with Crippen LogP contribution >= 0.6 is 11.6 Å². The molecule has 2 N–H and O–H groups in total. The molecule has 0 aromatic heterocycles. The smallest absolute Gasteiger partial charge is 0.203 e. The van der Waals surface area contributed by atoms with E-state index in [1.54, 1.807) is 0 Å². The van der Waals surface area contributed by atoms with Crippen molar-refractivity contribution in [2.45, 2.75) is 4.90 Å². The van der Waals surface area contributed by atoms with E-state index in [0.29, 0.717) is 5.69 Å². The van der Waals surface area contributed by atoms with Gasteiger partial charge < -0.3 is 10.5 Å². The molecule has 0 fully saturated rings. The zero-order valence-corrected chi connectivity index (χ0v) is 9.10. The Balaban J connectivity index is 3.20. The van der Waals surface area contributed by atoms with Crippen molar-refractivity contribution < 1.29 is 13.2 Å².